The summed E-state index contributed by atoms with van der Waals surface area (Å²) in [6.07, 6.45) is 1.77. The van der Waals surface area contributed by atoms with Crippen molar-refractivity contribution >= 4 is 16.0 Å². The van der Waals surface area contributed by atoms with Gasteiger partial charge in [-0.3, -0.25) is 4.79 Å². The molecule has 0 amide bonds. The molecule has 0 saturated heterocycles. The molecule has 0 aliphatic carbocycles. The summed E-state index contributed by atoms with van der Waals surface area (Å²) in [5, 5.41) is 11.4. The van der Waals surface area contributed by atoms with Crippen LogP contribution in [-0.4, -0.2) is 55.7 Å². The first kappa shape index (κ1) is 15.3. The van der Waals surface area contributed by atoms with Gasteiger partial charge in [0, 0.05) is 13.1 Å². The van der Waals surface area contributed by atoms with E-state index in [4.69, 9.17) is 5.11 Å². The van der Waals surface area contributed by atoms with E-state index in [0.717, 1.165) is 0 Å². The maximum Gasteiger partial charge on any atom is 0.320 e. The fourth-order valence-electron chi connectivity index (χ4n) is 1.22. The smallest absolute Gasteiger partial charge is 0.320 e. The normalized spacial score (nSPS) is 14.0. The van der Waals surface area contributed by atoms with E-state index in [-0.39, 0.29) is 0 Å². The van der Waals surface area contributed by atoms with Gasteiger partial charge < -0.3 is 10.4 Å². The number of aliphatic carboxylic acids is 1. The van der Waals surface area contributed by atoms with Crippen LogP contribution in [0, 0.1) is 0 Å². The van der Waals surface area contributed by atoms with E-state index < -0.39 is 22.0 Å². The molecule has 0 fully saturated rings. The Balaban J connectivity index is 3.85. The summed E-state index contributed by atoms with van der Waals surface area (Å²) in [5.74, 6) is -0.907. The van der Waals surface area contributed by atoms with Crippen molar-refractivity contribution in [2.45, 2.75) is 26.3 Å². The third-order valence-electron chi connectivity index (χ3n) is 2.23. The SMILES string of the molecule is CCN(CCCNC(C)C(=O)O)S(C)(=O)=O. The minimum atomic E-state index is -3.14. The molecule has 0 rings (SSSR count). The summed E-state index contributed by atoms with van der Waals surface area (Å²) in [5.41, 5.74) is 0. The monoisotopic (exact) mass is 252 g/mol. The molecule has 96 valence electrons. The van der Waals surface area contributed by atoms with Crippen LogP contribution in [0.4, 0.5) is 0 Å². The highest BCUT2D eigenvalue weighted by Gasteiger charge is 2.14. The van der Waals surface area contributed by atoms with E-state index in [1.54, 1.807) is 13.8 Å². The molecule has 16 heavy (non-hydrogen) atoms. The van der Waals surface area contributed by atoms with Crippen LogP contribution in [0.2, 0.25) is 0 Å². The predicted octanol–water partition coefficient (Wildman–Crippen LogP) is -0.279. The first-order valence-corrected chi connectivity index (χ1v) is 7.05. The van der Waals surface area contributed by atoms with Gasteiger partial charge in [-0.2, -0.15) is 0 Å². The van der Waals surface area contributed by atoms with Gasteiger partial charge >= 0.3 is 5.97 Å². The van der Waals surface area contributed by atoms with Gasteiger partial charge in [-0.15, -0.1) is 0 Å². The standard InChI is InChI=1S/C9H20N2O4S/c1-4-11(16(3,14)15)7-5-6-10-8(2)9(12)13/h8,10H,4-7H2,1-3H3,(H,12,13). The molecule has 0 aliphatic heterocycles. The van der Waals surface area contributed by atoms with Crippen molar-refractivity contribution < 1.29 is 18.3 Å². The fourth-order valence-corrected chi connectivity index (χ4v) is 2.15. The highest BCUT2D eigenvalue weighted by molar-refractivity contribution is 7.88. The van der Waals surface area contributed by atoms with Crippen molar-refractivity contribution in [1.82, 2.24) is 9.62 Å². The van der Waals surface area contributed by atoms with Crippen molar-refractivity contribution in [3.8, 4) is 0 Å². The lowest BCUT2D eigenvalue weighted by Crippen LogP contribution is -2.37. The van der Waals surface area contributed by atoms with Crippen molar-refractivity contribution in [2.24, 2.45) is 0 Å². The summed E-state index contributed by atoms with van der Waals surface area (Å²) in [6, 6.07) is -0.603. The second-order valence-corrected chi connectivity index (χ2v) is 5.60. The Morgan fingerprint density at radius 1 is 1.50 bits per heavy atom. The lowest BCUT2D eigenvalue weighted by molar-refractivity contribution is -0.138. The van der Waals surface area contributed by atoms with E-state index in [1.807, 2.05) is 0 Å². The van der Waals surface area contributed by atoms with E-state index in [9.17, 15) is 13.2 Å². The first-order valence-electron chi connectivity index (χ1n) is 5.20. The summed E-state index contributed by atoms with van der Waals surface area (Å²) < 4.78 is 23.8. The zero-order chi connectivity index (χ0) is 12.8. The number of sulfonamides is 1. The van der Waals surface area contributed by atoms with Crippen LogP contribution in [0.3, 0.4) is 0 Å². The van der Waals surface area contributed by atoms with Crippen molar-refractivity contribution in [3.05, 3.63) is 0 Å². The van der Waals surface area contributed by atoms with Gasteiger partial charge in [0.1, 0.15) is 6.04 Å². The van der Waals surface area contributed by atoms with E-state index in [2.05, 4.69) is 5.32 Å². The molecule has 2 N–H and O–H groups in total. The number of nitrogens with zero attached hydrogens (tertiary/aromatic N) is 1. The average Bonchev–Trinajstić information content (AvgIpc) is 2.15. The van der Waals surface area contributed by atoms with Gasteiger partial charge in [-0.1, -0.05) is 6.92 Å². The summed E-state index contributed by atoms with van der Waals surface area (Å²) >= 11 is 0. The average molecular weight is 252 g/mol. The van der Waals surface area contributed by atoms with Crippen LogP contribution in [0.25, 0.3) is 0 Å². The van der Waals surface area contributed by atoms with Gasteiger partial charge in [-0.05, 0) is 19.9 Å². The maximum atomic E-state index is 11.2. The highest BCUT2D eigenvalue weighted by atomic mass is 32.2. The van der Waals surface area contributed by atoms with Gasteiger partial charge in [0.15, 0.2) is 0 Å². The highest BCUT2D eigenvalue weighted by Crippen LogP contribution is 1.98. The van der Waals surface area contributed by atoms with Gasteiger partial charge in [0.05, 0.1) is 6.26 Å². The Bertz CT molecular complexity index is 315. The number of hydrogen-bond donors (Lipinski definition) is 2. The van der Waals surface area contributed by atoms with Crippen molar-refractivity contribution in [1.29, 1.82) is 0 Å². The molecular weight excluding hydrogens is 232 g/mol. The Hall–Kier alpha value is -0.660. The van der Waals surface area contributed by atoms with Crippen LogP contribution in [0.1, 0.15) is 20.3 Å². The Morgan fingerprint density at radius 2 is 2.06 bits per heavy atom. The predicted molar refractivity (Wildman–Crippen MR) is 61.8 cm³/mol. The Morgan fingerprint density at radius 3 is 2.44 bits per heavy atom. The zero-order valence-corrected chi connectivity index (χ0v) is 10.7. The fraction of sp³-hybridized carbons (Fsp3) is 0.889. The number of carboxylic acid groups (broad SMARTS) is 1. The van der Waals surface area contributed by atoms with Crippen molar-refractivity contribution in [2.75, 3.05) is 25.9 Å². The molecule has 1 atom stereocenters. The minimum Gasteiger partial charge on any atom is -0.480 e. The van der Waals surface area contributed by atoms with Crippen LogP contribution < -0.4 is 5.32 Å². The Kier molecular flexibility index (Phi) is 6.54. The topological polar surface area (TPSA) is 86.7 Å². The largest absolute Gasteiger partial charge is 0.480 e. The first-order chi connectivity index (χ1) is 7.29. The summed E-state index contributed by atoms with van der Waals surface area (Å²) in [7, 11) is -3.14. The number of rotatable bonds is 8. The number of nitrogens with one attached hydrogen (secondary N) is 1. The second kappa shape index (κ2) is 6.82. The molecule has 0 radical (unpaired) electrons. The van der Waals surface area contributed by atoms with E-state index >= 15 is 0 Å². The molecule has 0 spiro atoms. The minimum absolute atomic E-state index is 0.411. The number of carbonyl (C=O) groups is 1. The van der Waals surface area contributed by atoms with E-state index in [1.165, 1.54) is 10.6 Å². The molecular formula is C9H20N2O4S. The molecule has 0 aliphatic rings. The number of carboxylic acids is 1. The van der Waals surface area contributed by atoms with Gasteiger partial charge in [0.2, 0.25) is 10.0 Å². The molecule has 0 aromatic rings. The van der Waals surface area contributed by atoms with Crippen molar-refractivity contribution in [3.63, 3.8) is 0 Å². The third kappa shape index (κ3) is 6.04. The molecule has 6 nitrogen and oxygen atoms in total. The molecule has 0 saturated carbocycles. The lowest BCUT2D eigenvalue weighted by Gasteiger charge is -2.18. The lowest BCUT2D eigenvalue weighted by atomic mass is 10.3. The molecule has 0 bridgehead atoms. The van der Waals surface area contributed by atoms with Gasteiger partial charge in [0.25, 0.3) is 0 Å². The third-order valence-corrected chi connectivity index (χ3v) is 3.61. The van der Waals surface area contributed by atoms with Crippen LogP contribution in [-0.2, 0) is 14.8 Å². The Labute approximate surface area is 96.7 Å². The maximum absolute atomic E-state index is 11.2. The molecule has 0 heterocycles. The molecule has 7 heteroatoms. The van der Waals surface area contributed by atoms with Crippen LogP contribution >= 0.6 is 0 Å². The molecule has 0 aromatic carbocycles. The quantitative estimate of drug-likeness (QED) is 0.580. The van der Waals surface area contributed by atoms with E-state index in [0.29, 0.717) is 26.1 Å². The number of hydrogen-bond acceptors (Lipinski definition) is 4. The van der Waals surface area contributed by atoms with Gasteiger partial charge in [-0.25, -0.2) is 12.7 Å². The summed E-state index contributed by atoms with van der Waals surface area (Å²) in [6.45, 7) is 4.66. The zero-order valence-electron chi connectivity index (χ0n) is 9.93. The summed E-state index contributed by atoms with van der Waals surface area (Å²) in [4.78, 5) is 10.5. The van der Waals surface area contributed by atoms with Crippen LogP contribution in [0.5, 0.6) is 0 Å². The molecule has 1 unspecified atom stereocenters. The second-order valence-electron chi connectivity index (χ2n) is 3.62. The molecule has 0 aromatic heterocycles. The van der Waals surface area contributed by atoms with Crippen LogP contribution in [0.15, 0.2) is 0 Å².